The molecule has 3 amide bonds. The first-order chi connectivity index (χ1) is 19.4. The molecule has 10 heteroatoms. The maximum absolute atomic E-state index is 14.0. The molecule has 0 fully saturated rings. The summed E-state index contributed by atoms with van der Waals surface area (Å²) in [6.07, 6.45) is 4.58. The van der Waals surface area contributed by atoms with Gasteiger partial charge in [0.25, 0.3) is 0 Å². The number of nitrogens with zero attached hydrogens (tertiary/aromatic N) is 3. The molecule has 0 saturated carbocycles. The van der Waals surface area contributed by atoms with Crippen molar-refractivity contribution in [1.82, 2.24) is 31.4 Å². The normalized spacial score (nSPS) is 19.4. The van der Waals surface area contributed by atoms with E-state index in [-0.39, 0.29) is 36.2 Å². The van der Waals surface area contributed by atoms with Crippen molar-refractivity contribution in [1.29, 1.82) is 0 Å². The number of H-pyrrole nitrogens is 1. The van der Waals surface area contributed by atoms with E-state index < -0.39 is 12.1 Å². The number of benzene rings is 2. The van der Waals surface area contributed by atoms with E-state index in [9.17, 15) is 14.4 Å². The van der Waals surface area contributed by atoms with Gasteiger partial charge in [0.05, 0.1) is 30.9 Å². The van der Waals surface area contributed by atoms with Crippen molar-refractivity contribution in [2.24, 2.45) is 5.92 Å². The Balaban J connectivity index is 1.28. The molecular weight excluding hydrogens is 506 g/mol. The average molecular weight is 544 g/mol. The van der Waals surface area contributed by atoms with Gasteiger partial charge in [-0.2, -0.15) is 15.4 Å². The lowest BCUT2D eigenvalue weighted by Gasteiger charge is -2.30. The Kier molecular flexibility index (Phi) is 8.54. The summed E-state index contributed by atoms with van der Waals surface area (Å²) in [4.78, 5) is 41.9. The minimum absolute atomic E-state index is 0.0362. The Hall–Kier alpha value is -4.05. The lowest BCUT2D eigenvalue weighted by molar-refractivity contribution is -0.127. The van der Waals surface area contributed by atoms with Crippen molar-refractivity contribution in [2.75, 3.05) is 11.4 Å². The molecule has 2 aliphatic rings. The van der Waals surface area contributed by atoms with E-state index >= 15 is 0 Å². The lowest BCUT2D eigenvalue weighted by atomic mass is 9.97. The molecule has 3 aromatic rings. The Bertz CT molecular complexity index is 1330. The van der Waals surface area contributed by atoms with Crippen LogP contribution in [0.1, 0.15) is 49.1 Å². The highest BCUT2D eigenvalue weighted by atomic mass is 16.2. The van der Waals surface area contributed by atoms with Gasteiger partial charge in [-0.05, 0) is 35.4 Å². The second-order valence-electron chi connectivity index (χ2n) is 10.8. The SMILES string of the molecule is CC[C@H](C)[C@@H](CN[C@H]1CCc2cccc3c2N(C1=O)[C@H](C(=O)NCc1cn[nH]n1)C3)NC(=O)Cc1ccccc1. The second-order valence-corrected chi connectivity index (χ2v) is 10.8. The third-order valence-corrected chi connectivity index (χ3v) is 8.09. The number of aryl methyl sites for hydroxylation is 1. The maximum Gasteiger partial charge on any atom is 0.244 e. The van der Waals surface area contributed by atoms with Gasteiger partial charge >= 0.3 is 0 Å². The van der Waals surface area contributed by atoms with Crippen LogP contribution in [0.2, 0.25) is 0 Å². The Labute approximate surface area is 234 Å². The first kappa shape index (κ1) is 27.5. The number of nitrogens with one attached hydrogen (secondary N) is 4. The Morgan fingerprint density at radius 1 is 1.12 bits per heavy atom. The summed E-state index contributed by atoms with van der Waals surface area (Å²) in [5, 5.41) is 19.9. The van der Waals surface area contributed by atoms with Crippen LogP contribution in [0.3, 0.4) is 0 Å². The minimum Gasteiger partial charge on any atom is -0.352 e. The smallest absolute Gasteiger partial charge is 0.244 e. The zero-order valence-electron chi connectivity index (χ0n) is 23.0. The van der Waals surface area contributed by atoms with Crippen molar-refractivity contribution < 1.29 is 14.4 Å². The third kappa shape index (κ3) is 6.07. The first-order valence-corrected chi connectivity index (χ1v) is 14.1. The number of rotatable bonds is 11. The fourth-order valence-corrected chi connectivity index (χ4v) is 5.62. The fraction of sp³-hybridized carbons (Fsp3) is 0.433. The number of carbonyl (C=O) groups excluding carboxylic acids is 3. The van der Waals surface area contributed by atoms with E-state index in [1.165, 1.54) is 0 Å². The van der Waals surface area contributed by atoms with E-state index in [4.69, 9.17) is 0 Å². The van der Waals surface area contributed by atoms with Gasteiger partial charge in [-0.25, -0.2) is 0 Å². The Morgan fingerprint density at radius 2 is 1.93 bits per heavy atom. The lowest BCUT2D eigenvalue weighted by Crippen LogP contribution is -2.56. The summed E-state index contributed by atoms with van der Waals surface area (Å²) in [6, 6.07) is 14.5. The van der Waals surface area contributed by atoms with Crippen LogP contribution in [-0.2, 0) is 40.2 Å². The topological polar surface area (TPSA) is 132 Å². The minimum atomic E-state index is -0.631. The van der Waals surface area contributed by atoms with Crippen LogP contribution in [0, 0.1) is 5.92 Å². The highest BCUT2D eigenvalue weighted by Crippen LogP contribution is 2.39. The zero-order chi connectivity index (χ0) is 28.1. The van der Waals surface area contributed by atoms with Crippen molar-refractivity contribution in [2.45, 2.75) is 70.6 Å². The molecule has 0 radical (unpaired) electrons. The zero-order valence-corrected chi connectivity index (χ0v) is 23.0. The molecule has 0 bridgehead atoms. The van der Waals surface area contributed by atoms with Crippen molar-refractivity contribution >= 4 is 23.4 Å². The summed E-state index contributed by atoms with van der Waals surface area (Å²) in [6.45, 7) is 4.91. The Morgan fingerprint density at radius 3 is 2.67 bits per heavy atom. The molecule has 10 nitrogen and oxygen atoms in total. The van der Waals surface area contributed by atoms with E-state index in [0.717, 1.165) is 35.2 Å². The summed E-state index contributed by atoms with van der Waals surface area (Å²) < 4.78 is 0. The van der Waals surface area contributed by atoms with Gasteiger partial charge in [-0.1, -0.05) is 68.8 Å². The molecular formula is C30H37N7O3. The van der Waals surface area contributed by atoms with Crippen LogP contribution in [0.5, 0.6) is 0 Å². The molecule has 2 aliphatic heterocycles. The van der Waals surface area contributed by atoms with Crippen LogP contribution in [0.15, 0.2) is 54.7 Å². The summed E-state index contributed by atoms with van der Waals surface area (Å²) in [7, 11) is 0. The van der Waals surface area contributed by atoms with Gasteiger partial charge in [0.2, 0.25) is 17.7 Å². The van der Waals surface area contributed by atoms with Crippen LogP contribution < -0.4 is 20.9 Å². The molecule has 2 aromatic carbocycles. The fourth-order valence-electron chi connectivity index (χ4n) is 5.62. The number of anilines is 1. The number of hydrogen-bond donors (Lipinski definition) is 4. The van der Waals surface area contributed by atoms with Gasteiger partial charge in [0.1, 0.15) is 11.7 Å². The number of aromatic nitrogens is 3. The number of para-hydroxylation sites is 1. The molecule has 4 N–H and O–H groups in total. The molecule has 40 heavy (non-hydrogen) atoms. The standard InChI is InChI=1S/C30H37N7O3/c1-3-19(2)25(34-27(38)14-20-8-5-4-6-9-20)18-31-24-13-12-21-10-7-11-22-15-26(37(28(21)22)30(24)40)29(39)32-16-23-17-33-36-35-23/h4-11,17,19,24-26,31H,3,12-16,18H2,1-2H3,(H,32,39)(H,34,38)(H,33,35,36)/t19-,24-,25+,26-/m0/s1. The number of aromatic amines is 1. The predicted molar refractivity (Wildman–Crippen MR) is 151 cm³/mol. The van der Waals surface area contributed by atoms with Gasteiger partial charge < -0.3 is 16.0 Å². The molecule has 0 spiro atoms. The van der Waals surface area contributed by atoms with Crippen LogP contribution >= 0.6 is 0 Å². The highest BCUT2D eigenvalue weighted by Gasteiger charge is 2.43. The quantitative estimate of drug-likeness (QED) is 0.293. The molecule has 0 unspecified atom stereocenters. The molecule has 5 rings (SSSR count). The van der Waals surface area contributed by atoms with E-state index in [0.29, 0.717) is 31.5 Å². The second kappa shape index (κ2) is 12.4. The van der Waals surface area contributed by atoms with Crippen molar-refractivity contribution in [3.05, 3.63) is 77.1 Å². The summed E-state index contributed by atoms with van der Waals surface area (Å²) in [5.41, 5.74) is 4.55. The van der Waals surface area contributed by atoms with E-state index in [1.54, 1.807) is 11.1 Å². The monoisotopic (exact) mass is 543 g/mol. The molecule has 210 valence electrons. The predicted octanol–water partition coefficient (Wildman–Crippen LogP) is 2.06. The maximum atomic E-state index is 14.0. The number of hydrogen-bond acceptors (Lipinski definition) is 6. The molecule has 0 aliphatic carbocycles. The molecule has 1 aromatic heterocycles. The van der Waals surface area contributed by atoms with Gasteiger partial charge in [-0.3, -0.25) is 19.3 Å². The van der Waals surface area contributed by atoms with Crippen LogP contribution in [0.25, 0.3) is 0 Å². The van der Waals surface area contributed by atoms with E-state index in [2.05, 4.69) is 45.2 Å². The van der Waals surface area contributed by atoms with Gasteiger partial charge in [0.15, 0.2) is 0 Å². The van der Waals surface area contributed by atoms with Crippen LogP contribution in [0.4, 0.5) is 5.69 Å². The van der Waals surface area contributed by atoms with Gasteiger partial charge in [0, 0.05) is 19.0 Å². The van der Waals surface area contributed by atoms with E-state index in [1.807, 2.05) is 48.5 Å². The molecule has 0 saturated heterocycles. The highest BCUT2D eigenvalue weighted by molar-refractivity contribution is 6.06. The van der Waals surface area contributed by atoms with Crippen LogP contribution in [-0.4, -0.2) is 57.8 Å². The average Bonchev–Trinajstić information content (AvgIpc) is 3.60. The number of carbonyl (C=O) groups is 3. The van der Waals surface area contributed by atoms with Crippen molar-refractivity contribution in [3.8, 4) is 0 Å². The summed E-state index contributed by atoms with van der Waals surface area (Å²) >= 11 is 0. The molecule has 4 atom stereocenters. The molecule has 3 heterocycles. The largest absolute Gasteiger partial charge is 0.352 e. The van der Waals surface area contributed by atoms with Gasteiger partial charge in [-0.15, -0.1) is 0 Å². The van der Waals surface area contributed by atoms with Crippen molar-refractivity contribution in [3.63, 3.8) is 0 Å². The number of amides is 3. The first-order valence-electron chi connectivity index (χ1n) is 14.1. The summed E-state index contributed by atoms with van der Waals surface area (Å²) in [5.74, 6) is -0.140. The third-order valence-electron chi connectivity index (χ3n) is 8.09.